The van der Waals surface area contributed by atoms with Crippen LogP contribution in [-0.2, 0) is 4.79 Å². The van der Waals surface area contributed by atoms with Gasteiger partial charge in [-0.1, -0.05) is 12.1 Å². The molecule has 1 aromatic heterocycles. The van der Waals surface area contributed by atoms with Gasteiger partial charge in [0.15, 0.2) is 0 Å². The van der Waals surface area contributed by atoms with Crippen LogP contribution in [-0.4, -0.2) is 16.6 Å². The highest BCUT2D eigenvalue weighted by Gasteiger charge is 2.32. The predicted octanol–water partition coefficient (Wildman–Crippen LogP) is 3.89. The van der Waals surface area contributed by atoms with Crippen LogP contribution in [0.15, 0.2) is 40.8 Å². The molecule has 5 heteroatoms. The summed E-state index contributed by atoms with van der Waals surface area (Å²) in [6.07, 6.45) is 0.659. The van der Waals surface area contributed by atoms with E-state index in [9.17, 15) is 9.18 Å². The highest BCUT2D eigenvalue weighted by atomic mass is 32.1. The maximum absolute atomic E-state index is 13.0. The number of rotatable bonds is 2. The molecule has 1 aromatic carbocycles. The highest BCUT2D eigenvalue weighted by Crippen LogP contribution is 2.37. The van der Waals surface area contributed by atoms with Crippen LogP contribution < -0.4 is 0 Å². The van der Waals surface area contributed by atoms with Gasteiger partial charge in [-0.05, 0) is 41.6 Å². The molecule has 1 amide bonds. The van der Waals surface area contributed by atoms with Gasteiger partial charge >= 0.3 is 0 Å². The molecule has 1 aliphatic rings. The average molecular weight is 302 g/mol. The Balaban J connectivity index is 1.95. The first-order valence-corrected chi connectivity index (χ1v) is 7.61. The van der Waals surface area contributed by atoms with Gasteiger partial charge in [0.25, 0.3) is 0 Å². The van der Waals surface area contributed by atoms with Crippen LogP contribution in [0.1, 0.15) is 35.4 Å². The van der Waals surface area contributed by atoms with Crippen LogP contribution in [0.2, 0.25) is 0 Å². The average Bonchev–Trinajstić information content (AvgIpc) is 3.05. The van der Waals surface area contributed by atoms with Crippen LogP contribution in [0, 0.1) is 12.7 Å². The number of hydrogen-bond donors (Lipinski definition) is 0. The topological polar surface area (TPSA) is 32.7 Å². The molecule has 0 bridgehead atoms. The third-order valence-electron chi connectivity index (χ3n) is 3.61. The minimum atomic E-state index is -0.272. The lowest BCUT2D eigenvalue weighted by Crippen LogP contribution is -2.24. The van der Waals surface area contributed by atoms with Crippen molar-refractivity contribution in [1.82, 2.24) is 5.01 Å². The van der Waals surface area contributed by atoms with Crippen LogP contribution in [0.5, 0.6) is 0 Å². The first kappa shape index (κ1) is 13.9. The van der Waals surface area contributed by atoms with E-state index >= 15 is 0 Å². The summed E-state index contributed by atoms with van der Waals surface area (Å²) in [6.45, 7) is 3.56. The molecular formula is C16H15FN2OS. The Bertz CT molecular complexity index is 705. The van der Waals surface area contributed by atoms with Gasteiger partial charge in [0.05, 0.1) is 11.8 Å². The van der Waals surface area contributed by atoms with E-state index in [1.165, 1.54) is 29.6 Å². The summed E-state index contributed by atoms with van der Waals surface area (Å²) in [4.78, 5) is 13.0. The molecule has 1 unspecified atom stereocenters. The summed E-state index contributed by atoms with van der Waals surface area (Å²) < 4.78 is 13.0. The first-order valence-electron chi connectivity index (χ1n) is 6.73. The summed E-state index contributed by atoms with van der Waals surface area (Å²) >= 11 is 1.64. The van der Waals surface area contributed by atoms with Gasteiger partial charge in [-0.15, -0.1) is 11.3 Å². The lowest BCUT2D eigenvalue weighted by Gasteiger charge is -2.19. The molecule has 0 aliphatic carbocycles. The number of hydrogen-bond acceptors (Lipinski definition) is 3. The van der Waals surface area contributed by atoms with Crippen molar-refractivity contribution in [2.45, 2.75) is 26.3 Å². The van der Waals surface area contributed by atoms with Crippen molar-refractivity contribution in [3.8, 4) is 0 Å². The maximum atomic E-state index is 13.0. The lowest BCUT2D eigenvalue weighted by atomic mass is 10.0. The molecular weight excluding hydrogens is 287 g/mol. The molecule has 3 nitrogen and oxygen atoms in total. The third kappa shape index (κ3) is 2.61. The standard InChI is InChI=1S/C16H15FN2OS/c1-10-7-8-21-16(10)15-9-14(18-19(15)11(2)20)12-3-5-13(17)6-4-12/h3-8,15H,9H2,1-2H3. The molecule has 0 radical (unpaired) electrons. The molecule has 0 spiro atoms. The molecule has 0 fully saturated rings. The number of halogens is 1. The zero-order valence-electron chi connectivity index (χ0n) is 11.8. The van der Waals surface area contributed by atoms with Gasteiger partial charge in [0, 0.05) is 18.2 Å². The van der Waals surface area contributed by atoms with Gasteiger partial charge < -0.3 is 0 Å². The molecule has 0 saturated carbocycles. The number of nitrogens with zero attached hydrogens (tertiary/aromatic N) is 2. The van der Waals surface area contributed by atoms with E-state index in [0.29, 0.717) is 6.42 Å². The van der Waals surface area contributed by atoms with Crippen LogP contribution in [0.25, 0.3) is 0 Å². The normalized spacial score (nSPS) is 18.0. The Labute approximate surface area is 126 Å². The fraction of sp³-hybridized carbons (Fsp3) is 0.250. The number of thiophene rings is 1. The fourth-order valence-corrected chi connectivity index (χ4v) is 3.56. The van der Waals surface area contributed by atoms with Gasteiger partial charge in [0.2, 0.25) is 5.91 Å². The number of carbonyl (C=O) groups excluding carboxylic acids is 1. The SMILES string of the molecule is CC(=O)N1N=C(c2ccc(F)cc2)CC1c1sccc1C. The Morgan fingerprint density at radius 2 is 2.05 bits per heavy atom. The number of hydrazone groups is 1. The van der Waals surface area contributed by atoms with Crippen molar-refractivity contribution >= 4 is 23.0 Å². The van der Waals surface area contributed by atoms with Crippen molar-refractivity contribution in [1.29, 1.82) is 0 Å². The van der Waals surface area contributed by atoms with E-state index in [1.807, 2.05) is 18.4 Å². The van der Waals surface area contributed by atoms with Gasteiger partial charge in [-0.25, -0.2) is 9.40 Å². The monoisotopic (exact) mass is 302 g/mol. The smallest absolute Gasteiger partial charge is 0.240 e. The quantitative estimate of drug-likeness (QED) is 0.828. The second-order valence-corrected chi connectivity index (χ2v) is 6.05. The molecule has 2 aromatic rings. The molecule has 3 rings (SSSR count). The zero-order chi connectivity index (χ0) is 15.0. The van der Waals surface area contributed by atoms with E-state index in [-0.39, 0.29) is 17.8 Å². The van der Waals surface area contributed by atoms with Crippen molar-refractivity contribution < 1.29 is 9.18 Å². The summed E-state index contributed by atoms with van der Waals surface area (Å²) in [7, 11) is 0. The summed E-state index contributed by atoms with van der Waals surface area (Å²) in [5.41, 5.74) is 2.86. The second kappa shape index (κ2) is 5.41. The highest BCUT2D eigenvalue weighted by molar-refractivity contribution is 7.10. The summed E-state index contributed by atoms with van der Waals surface area (Å²) in [5.74, 6) is -0.351. The molecule has 21 heavy (non-hydrogen) atoms. The van der Waals surface area contributed by atoms with E-state index in [0.717, 1.165) is 16.2 Å². The molecule has 2 heterocycles. The Hall–Kier alpha value is -2.01. The van der Waals surface area contributed by atoms with E-state index in [2.05, 4.69) is 5.10 Å². The predicted molar refractivity (Wildman–Crippen MR) is 81.9 cm³/mol. The number of benzene rings is 1. The summed E-state index contributed by atoms with van der Waals surface area (Å²) in [5, 5.41) is 8.02. The Morgan fingerprint density at radius 3 is 2.62 bits per heavy atom. The lowest BCUT2D eigenvalue weighted by molar-refractivity contribution is -0.130. The van der Waals surface area contributed by atoms with Gasteiger partial charge in [-0.2, -0.15) is 5.10 Å². The number of carbonyl (C=O) groups is 1. The van der Waals surface area contributed by atoms with E-state index in [1.54, 1.807) is 23.5 Å². The van der Waals surface area contributed by atoms with Crippen LogP contribution in [0.3, 0.4) is 0 Å². The summed E-state index contributed by atoms with van der Waals surface area (Å²) in [6, 6.07) is 8.24. The minimum absolute atomic E-state index is 0.0532. The van der Waals surface area contributed by atoms with Crippen molar-refractivity contribution in [3.63, 3.8) is 0 Å². The van der Waals surface area contributed by atoms with Crippen molar-refractivity contribution in [2.75, 3.05) is 0 Å². The Morgan fingerprint density at radius 1 is 1.33 bits per heavy atom. The first-order chi connectivity index (χ1) is 10.1. The molecule has 0 saturated heterocycles. The number of aryl methyl sites for hydroxylation is 1. The van der Waals surface area contributed by atoms with E-state index in [4.69, 9.17) is 0 Å². The molecule has 108 valence electrons. The second-order valence-electron chi connectivity index (χ2n) is 5.10. The zero-order valence-corrected chi connectivity index (χ0v) is 12.7. The van der Waals surface area contributed by atoms with Crippen LogP contribution >= 0.6 is 11.3 Å². The van der Waals surface area contributed by atoms with Crippen molar-refractivity contribution in [3.05, 3.63) is 57.5 Å². The Kier molecular flexibility index (Phi) is 3.59. The van der Waals surface area contributed by atoms with Crippen molar-refractivity contribution in [2.24, 2.45) is 5.10 Å². The largest absolute Gasteiger partial charge is 0.273 e. The van der Waals surface area contributed by atoms with Crippen LogP contribution in [0.4, 0.5) is 4.39 Å². The fourth-order valence-electron chi connectivity index (χ4n) is 2.55. The van der Waals surface area contributed by atoms with E-state index < -0.39 is 0 Å². The van der Waals surface area contributed by atoms with Gasteiger partial charge in [-0.3, -0.25) is 4.79 Å². The molecule has 1 atom stereocenters. The minimum Gasteiger partial charge on any atom is -0.273 e. The molecule has 1 aliphatic heterocycles. The molecule has 0 N–H and O–H groups in total. The van der Waals surface area contributed by atoms with Gasteiger partial charge in [0.1, 0.15) is 5.82 Å². The maximum Gasteiger partial charge on any atom is 0.240 e. The number of amides is 1. The third-order valence-corrected chi connectivity index (χ3v) is 4.73.